The van der Waals surface area contributed by atoms with Crippen LogP contribution in [0, 0.1) is 29.5 Å². The first-order valence-corrected chi connectivity index (χ1v) is 9.25. The van der Waals surface area contributed by atoms with Gasteiger partial charge in [-0.3, -0.25) is 4.79 Å². The molecule has 5 heteroatoms. The number of ether oxygens (including phenoxy) is 1. The van der Waals surface area contributed by atoms with Crippen LogP contribution in [0.1, 0.15) is 32.1 Å². The lowest BCUT2D eigenvalue weighted by molar-refractivity contribution is -0.127. The van der Waals surface area contributed by atoms with E-state index in [1.807, 2.05) is 0 Å². The maximum atomic E-state index is 13.1. The Bertz CT molecular complexity index is 593. The summed E-state index contributed by atoms with van der Waals surface area (Å²) in [6.45, 7) is -0.0208. The molecule has 0 unspecified atom stereocenters. The Morgan fingerprint density at radius 1 is 1.17 bits per heavy atom. The van der Waals surface area contributed by atoms with Crippen LogP contribution in [-0.4, -0.2) is 18.6 Å². The van der Waals surface area contributed by atoms with Gasteiger partial charge in [0.05, 0.1) is 4.47 Å². The second kappa shape index (κ2) is 6.08. The molecular formula is C18H21BrFNO2. The first-order chi connectivity index (χ1) is 11.1. The fourth-order valence-corrected chi connectivity index (χ4v) is 5.59. The molecule has 4 aliphatic carbocycles. The fourth-order valence-electron chi connectivity index (χ4n) is 5.12. The van der Waals surface area contributed by atoms with E-state index in [-0.39, 0.29) is 18.3 Å². The first-order valence-electron chi connectivity index (χ1n) is 8.45. The van der Waals surface area contributed by atoms with Crippen molar-refractivity contribution in [2.75, 3.05) is 6.61 Å². The van der Waals surface area contributed by atoms with Gasteiger partial charge >= 0.3 is 0 Å². The van der Waals surface area contributed by atoms with E-state index in [0.29, 0.717) is 28.1 Å². The molecule has 4 saturated carbocycles. The van der Waals surface area contributed by atoms with Crippen molar-refractivity contribution in [3.63, 3.8) is 0 Å². The topological polar surface area (TPSA) is 38.3 Å². The van der Waals surface area contributed by atoms with E-state index >= 15 is 0 Å². The Morgan fingerprint density at radius 3 is 2.43 bits per heavy atom. The maximum Gasteiger partial charge on any atom is 0.258 e. The average Bonchev–Trinajstić information content (AvgIpc) is 2.49. The van der Waals surface area contributed by atoms with Gasteiger partial charge in [-0.15, -0.1) is 0 Å². The summed E-state index contributed by atoms with van der Waals surface area (Å²) in [5.74, 6) is 3.21. The van der Waals surface area contributed by atoms with Gasteiger partial charge < -0.3 is 10.1 Å². The summed E-state index contributed by atoms with van der Waals surface area (Å²) in [5, 5.41) is 3.21. The number of hydrogen-bond acceptors (Lipinski definition) is 2. The zero-order valence-corrected chi connectivity index (χ0v) is 14.5. The molecule has 1 amide bonds. The molecule has 1 N–H and O–H groups in total. The highest BCUT2D eigenvalue weighted by atomic mass is 79.9. The van der Waals surface area contributed by atoms with E-state index < -0.39 is 0 Å². The van der Waals surface area contributed by atoms with Gasteiger partial charge in [-0.05, 0) is 89.9 Å². The lowest BCUT2D eigenvalue weighted by Gasteiger charge is -2.54. The summed E-state index contributed by atoms with van der Waals surface area (Å²) in [7, 11) is 0. The van der Waals surface area contributed by atoms with Crippen LogP contribution in [0.5, 0.6) is 5.75 Å². The van der Waals surface area contributed by atoms with E-state index in [1.54, 1.807) is 0 Å². The molecule has 4 fully saturated rings. The fraction of sp³-hybridized carbons (Fsp3) is 0.611. The first kappa shape index (κ1) is 15.4. The van der Waals surface area contributed by atoms with Gasteiger partial charge in [-0.25, -0.2) is 4.39 Å². The summed E-state index contributed by atoms with van der Waals surface area (Å²) < 4.78 is 19.1. The minimum atomic E-state index is -0.331. The third-order valence-corrected chi connectivity index (χ3v) is 6.43. The second-order valence-electron chi connectivity index (χ2n) is 7.39. The smallest absolute Gasteiger partial charge is 0.258 e. The average molecular weight is 382 g/mol. The van der Waals surface area contributed by atoms with Gasteiger partial charge in [0.15, 0.2) is 6.61 Å². The van der Waals surface area contributed by atoms with Gasteiger partial charge in [0.2, 0.25) is 0 Å². The van der Waals surface area contributed by atoms with Gasteiger partial charge in [-0.1, -0.05) is 0 Å². The predicted octanol–water partition coefficient (Wildman–Crippen LogP) is 3.91. The lowest BCUT2D eigenvalue weighted by atomic mass is 9.54. The van der Waals surface area contributed by atoms with Crippen LogP contribution in [0.25, 0.3) is 0 Å². The standard InChI is InChI=1S/C18H21BrFNO2/c19-15-8-14(20)1-2-16(15)23-9-17(22)21-18-12-4-10-3-11(6-12)7-13(18)5-10/h1-2,8,10-13,18H,3-7,9H2,(H,21,22). The zero-order valence-electron chi connectivity index (χ0n) is 12.9. The molecule has 0 radical (unpaired) electrons. The van der Waals surface area contributed by atoms with Crippen LogP contribution < -0.4 is 10.1 Å². The molecule has 0 spiro atoms. The number of amides is 1. The van der Waals surface area contributed by atoms with Gasteiger partial charge in [-0.2, -0.15) is 0 Å². The van der Waals surface area contributed by atoms with Gasteiger partial charge in [0.1, 0.15) is 11.6 Å². The highest BCUT2D eigenvalue weighted by Crippen LogP contribution is 2.53. The number of benzene rings is 1. The van der Waals surface area contributed by atoms with Gasteiger partial charge in [0.25, 0.3) is 5.91 Å². The summed E-state index contributed by atoms with van der Waals surface area (Å²) in [5.41, 5.74) is 0. The van der Waals surface area contributed by atoms with Crippen LogP contribution in [0.15, 0.2) is 22.7 Å². The Balaban J connectivity index is 1.33. The minimum Gasteiger partial charge on any atom is -0.483 e. The summed E-state index contributed by atoms with van der Waals surface area (Å²) in [6, 6.07) is 4.53. The van der Waals surface area contributed by atoms with Crippen LogP contribution in [0.2, 0.25) is 0 Å². The molecule has 0 aromatic heterocycles. The van der Waals surface area contributed by atoms with Crippen molar-refractivity contribution in [3.8, 4) is 5.75 Å². The molecule has 0 atom stereocenters. The van der Waals surface area contributed by atoms with E-state index in [4.69, 9.17) is 4.74 Å². The van der Waals surface area contributed by atoms with Crippen LogP contribution in [-0.2, 0) is 4.79 Å². The Kier molecular flexibility index (Phi) is 4.08. The summed E-state index contributed by atoms with van der Waals surface area (Å²) in [4.78, 5) is 12.3. The highest BCUT2D eigenvalue weighted by Gasteiger charge is 2.48. The van der Waals surface area contributed by atoms with Crippen molar-refractivity contribution < 1.29 is 13.9 Å². The Morgan fingerprint density at radius 2 is 1.83 bits per heavy atom. The third kappa shape index (κ3) is 3.12. The zero-order chi connectivity index (χ0) is 16.0. The largest absolute Gasteiger partial charge is 0.483 e. The predicted molar refractivity (Wildman–Crippen MR) is 88.6 cm³/mol. The SMILES string of the molecule is O=C(COc1ccc(F)cc1Br)NC1C2CC3CC(C2)CC1C3. The normalized spacial score (nSPS) is 34.4. The quantitative estimate of drug-likeness (QED) is 0.858. The van der Waals surface area contributed by atoms with Crippen molar-refractivity contribution in [3.05, 3.63) is 28.5 Å². The van der Waals surface area contributed by atoms with Gasteiger partial charge in [0, 0.05) is 6.04 Å². The van der Waals surface area contributed by atoms with Crippen molar-refractivity contribution in [2.45, 2.75) is 38.1 Å². The summed E-state index contributed by atoms with van der Waals surface area (Å²) >= 11 is 3.25. The molecule has 4 aliphatic rings. The van der Waals surface area contributed by atoms with Crippen LogP contribution in [0.4, 0.5) is 4.39 Å². The molecule has 124 valence electrons. The van der Waals surface area contributed by atoms with Crippen molar-refractivity contribution in [1.29, 1.82) is 0 Å². The molecule has 5 rings (SSSR count). The van der Waals surface area contributed by atoms with E-state index in [2.05, 4.69) is 21.2 Å². The number of hydrogen-bond donors (Lipinski definition) is 1. The Labute approximate surface area is 144 Å². The number of carbonyl (C=O) groups excluding carboxylic acids is 1. The molecule has 0 saturated heterocycles. The van der Waals surface area contributed by atoms with Crippen LogP contribution >= 0.6 is 15.9 Å². The molecule has 1 aromatic carbocycles. The van der Waals surface area contributed by atoms with Crippen molar-refractivity contribution in [1.82, 2.24) is 5.32 Å². The monoisotopic (exact) mass is 381 g/mol. The van der Waals surface area contributed by atoms with Crippen molar-refractivity contribution >= 4 is 21.8 Å². The highest BCUT2D eigenvalue weighted by molar-refractivity contribution is 9.10. The number of halogens is 2. The van der Waals surface area contributed by atoms with E-state index in [1.165, 1.54) is 50.3 Å². The molecular weight excluding hydrogens is 361 g/mol. The third-order valence-electron chi connectivity index (χ3n) is 5.81. The molecule has 23 heavy (non-hydrogen) atoms. The number of carbonyl (C=O) groups is 1. The molecule has 3 nitrogen and oxygen atoms in total. The van der Waals surface area contributed by atoms with Crippen LogP contribution in [0.3, 0.4) is 0 Å². The van der Waals surface area contributed by atoms with E-state index in [0.717, 1.165) is 11.8 Å². The molecule has 4 bridgehead atoms. The summed E-state index contributed by atoms with van der Waals surface area (Å²) in [6.07, 6.45) is 6.53. The molecule has 1 aromatic rings. The maximum absolute atomic E-state index is 13.1. The van der Waals surface area contributed by atoms with Crippen molar-refractivity contribution in [2.24, 2.45) is 23.7 Å². The molecule has 0 aliphatic heterocycles. The Hall–Kier alpha value is -1.10. The second-order valence-corrected chi connectivity index (χ2v) is 8.24. The number of rotatable bonds is 4. The minimum absolute atomic E-state index is 0.0208. The van der Waals surface area contributed by atoms with E-state index in [9.17, 15) is 9.18 Å². The number of nitrogens with one attached hydrogen (secondary N) is 1. The lowest BCUT2D eigenvalue weighted by Crippen LogP contribution is -2.56. The molecule has 0 heterocycles.